The zero-order valence-electron chi connectivity index (χ0n) is 16.7. The SMILES string of the molecule is COc1ccc(CN2C(=O)C(c3cc(C#N)ccc3OC)Oc3ccccc32)cc1. The van der Waals surface area contributed by atoms with E-state index in [0.29, 0.717) is 34.9 Å². The zero-order chi connectivity index (χ0) is 21.1. The van der Waals surface area contributed by atoms with Gasteiger partial charge in [0.15, 0.2) is 0 Å². The predicted octanol–water partition coefficient (Wildman–Crippen LogP) is 4.24. The van der Waals surface area contributed by atoms with Crippen LogP contribution in [0.3, 0.4) is 0 Å². The first kappa shape index (κ1) is 19.3. The van der Waals surface area contributed by atoms with E-state index in [4.69, 9.17) is 14.2 Å². The van der Waals surface area contributed by atoms with Crippen LogP contribution in [0.15, 0.2) is 66.7 Å². The lowest BCUT2D eigenvalue weighted by Crippen LogP contribution is -2.40. The van der Waals surface area contributed by atoms with Crippen LogP contribution < -0.4 is 19.1 Å². The van der Waals surface area contributed by atoms with E-state index < -0.39 is 6.10 Å². The summed E-state index contributed by atoms with van der Waals surface area (Å²) in [6, 6.07) is 22.1. The summed E-state index contributed by atoms with van der Waals surface area (Å²) in [6.45, 7) is 0.375. The van der Waals surface area contributed by atoms with Crippen molar-refractivity contribution in [2.75, 3.05) is 19.1 Å². The summed E-state index contributed by atoms with van der Waals surface area (Å²) >= 11 is 0. The highest BCUT2D eigenvalue weighted by molar-refractivity contribution is 6.00. The van der Waals surface area contributed by atoms with Gasteiger partial charge in [-0.15, -0.1) is 0 Å². The first-order chi connectivity index (χ1) is 14.6. The number of methoxy groups -OCH3 is 2. The van der Waals surface area contributed by atoms with Gasteiger partial charge in [-0.2, -0.15) is 5.26 Å². The molecular formula is C24H20N2O4. The topological polar surface area (TPSA) is 71.8 Å². The van der Waals surface area contributed by atoms with Gasteiger partial charge in [-0.1, -0.05) is 24.3 Å². The number of carbonyl (C=O) groups is 1. The molecule has 0 N–H and O–H groups in total. The second-order valence-electron chi connectivity index (χ2n) is 6.81. The van der Waals surface area contributed by atoms with Crippen molar-refractivity contribution in [3.63, 3.8) is 0 Å². The number of nitrogens with zero attached hydrogens (tertiary/aromatic N) is 2. The molecule has 1 atom stereocenters. The highest BCUT2D eigenvalue weighted by atomic mass is 16.5. The summed E-state index contributed by atoms with van der Waals surface area (Å²) in [7, 11) is 3.14. The van der Waals surface area contributed by atoms with Crippen molar-refractivity contribution in [3.05, 3.63) is 83.4 Å². The summed E-state index contributed by atoms with van der Waals surface area (Å²) in [6.07, 6.45) is -0.915. The Morgan fingerprint density at radius 1 is 1.03 bits per heavy atom. The third-order valence-electron chi connectivity index (χ3n) is 5.03. The molecule has 0 aromatic heterocycles. The van der Waals surface area contributed by atoms with Gasteiger partial charge in [-0.05, 0) is 48.0 Å². The Hall–Kier alpha value is -3.98. The van der Waals surface area contributed by atoms with Gasteiger partial charge in [0.2, 0.25) is 6.10 Å². The summed E-state index contributed by atoms with van der Waals surface area (Å²) in [5, 5.41) is 9.30. The first-order valence-electron chi connectivity index (χ1n) is 9.42. The van der Waals surface area contributed by atoms with Crippen LogP contribution in [0.2, 0.25) is 0 Å². The molecule has 0 saturated heterocycles. The molecule has 6 nitrogen and oxygen atoms in total. The van der Waals surface area contributed by atoms with Crippen molar-refractivity contribution >= 4 is 11.6 Å². The maximum atomic E-state index is 13.5. The van der Waals surface area contributed by atoms with Gasteiger partial charge in [0.25, 0.3) is 5.91 Å². The van der Waals surface area contributed by atoms with Crippen molar-refractivity contribution in [3.8, 4) is 23.3 Å². The van der Waals surface area contributed by atoms with Gasteiger partial charge in [0.05, 0.1) is 38.1 Å². The lowest BCUT2D eigenvalue weighted by molar-refractivity contribution is -0.126. The second-order valence-corrected chi connectivity index (χ2v) is 6.81. The van der Waals surface area contributed by atoms with Crippen LogP contribution in [0, 0.1) is 11.3 Å². The lowest BCUT2D eigenvalue weighted by Gasteiger charge is -2.35. The maximum Gasteiger partial charge on any atom is 0.273 e. The minimum Gasteiger partial charge on any atom is -0.497 e. The number of nitriles is 1. The molecule has 1 aliphatic heterocycles. The Bertz CT molecular complexity index is 1120. The molecule has 0 aliphatic carbocycles. The van der Waals surface area contributed by atoms with Gasteiger partial charge in [-0.3, -0.25) is 4.79 Å². The highest BCUT2D eigenvalue weighted by Crippen LogP contribution is 2.41. The average molecular weight is 400 g/mol. The number of fused-ring (bicyclic) bond motifs is 1. The first-order valence-corrected chi connectivity index (χ1v) is 9.42. The highest BCUT2D eigenvalue weighted by Gasteiger charge is 2.37. The normalized spacial score (nSPS) is 15.0. The van der Waals surface area contributed by atoms with E-state index in [1.54, 1.807) is 30.2 Å². The van der Waals surface area contributed by atoms with E-state index in [9.17, 15) is 10.1 Å². The number of carbonyl (C=O) groups excluding carboxylic acids is 1. The quantitative estimate of drug-likeness (QED) is 0.641. The molecule has 6 heteroatoms. The monoisotopic (exact) mass is 400 g/mol. The predicted molar refractivity (Wildman–Crippen MR) is 112 cm³/mol. The second kappa shape index (κ2) is 8.18. The molecule has 1 aliphatic rings. The summed E-state index contributed by atoms with van der Waals surface area (Å²) < 4.78 is 16.7. The molecule has 0 radical (unpaired) electrons. The van der Waals surface area contributed by atoms with Crippen LogP contribution in [0.5, 0.6) is 17.2 Å². The van der Waals surface area contributed by atoms with Gasteiger partial charge in [-0.25, -0.2) is 0 Å². The molecule has 4 rings (SSSR count). The van der Waals surface area contributed by atoms with Crippen LogP contribution in [0.4, 0.5) is 5.69 Å². The molecule has 1 unspecified atom stereocenters. The fourth-order valence-corrected chi connectivity index (χ4v) is 3.50. The Kier molecular flexibility index (Phi) is 5.27. The van der Waals surface area contributed by atoms with E-state index >= 15 is 0 Å². The number of para-hydroxylation sites is 2. The number of benzene rings is 3. The molecule has 0 fully saturated rings. The minimum atomic E-state index is -0.915. The lowest BCUT2D eigenvalue weighted by atomic mass is 10.0. The van der Waals surface area contributed by atoms with Gasteiger partial charge < -0.3 is 19.1 Å². The van der Waals surface area contributed by atoms with E-state index in [-0.39, 0.29) is 5.91 Å². The molecule has 0 saturated carbocycles. The minimum absolute atomic E-state index is 0.224. The van der Waals surface area contributed by atoms with Crippen molar-refractivity contribution in [1.29, 1.82) is 5.26 Å². The largest absolute Gasteiger partial charge is 0.497 e. The third kappa shape index (κ3) is 3.53. The van der Waals surface area contributed by atoms with E-state index in [1.165, 1.54) is 7.11 Å². The summed E-state index contributed by atoms with van der Waals surface area (Å²) in [5.74, 6) is 1.62. The molecule has 0 spiro atoms. The van der Waals surface area contributed by atoms with Crippen molar-refractivity contribution in [2.24, 2.45) is 0 Å². The Balaban J connectivity index is 1.75. The molecule has 1 amide bonds. The Morgan fingerprint density at radius 2 is 1.80 bits per heavy atom. The Labute approximate surface area is 174 Å². The molecule has 3 aromatic rings. The summed E-state index contributed by atoms with van der Waals surface area (Å²) in [4.78, 5) is 15.2. The van der Waals surface area contributed by atoms with Crippen molar-refractivity contribution in [2.45, 2.75) is 12.6 Å². The average Bonchev–Trinajstić information content (AvgIpc) is 2.80. The van der Waals surface area contributed by atoms with Crippen LogP contribution in [-0.4, -0.2) is 20.1 Å². The van der Waals surface area contributed by atoms with Crippen molar-refractivity contribution in [1.82, 2.24) is 0 Å². The molecule has 3 aromatic carbocycles. The van der Waals surface area contributed by atoms with Crippen LogP contribution in [0.1, 0.15) is 22.8 Å². The number of amides is 1. The fraction of sp³-hybridized carbons (Fsp3) is 0.167. The molecule has 150 valence electrons. The third-order valence-corrected chi connectivity index (χ3v) is 5.03. The number of hydrogen-bond acceptors (Lipinski definition) is 5. The van der Waals surface area contributed by atoms with Crippen LogP contribution in [0.25, 0.3) is 0 Å². The van der Waals surface area contributed by atoms with E-state index in [2.05, 4.69) is 6.07 Å². The number of rotatable bonds is 5. The Morgan fingerprint density at radius 3 is 2.50 bits per heavy atom. The molecular weight excluding hydrogens is 380 g/mol. The van der Waals surface area contributed by atoms with Gasteiger partial charge in [0, 0.05) is 5.56 Å². The summed E-state index contributed by atoms with van der Waals surface area (Å²) in [5.41, 5.74) is 2.61. The smallest absolute Gasteiger partial charge is 0.273 e. The van der Waals surface area contributed by atoms with Gasteiger partial charge in [0.1, 0.15) is 17.2 Å². The van der Waals surface area contributed by atoms with E-state index in [1.807, 2.05) is 48.5 Å². The maximum absolute atomic E-state index is 13.5. The molecule has 0 bridgehead atoms. The molecule has 30 heavy (non-hydrogen) atoms. The number of ether oxygens (including phenoxy) is 3. The zero-order valence-corrected chi connectivity index (χ0v) is 16.7. The van der Waals surface area contributed by atoms with Crippen LogP contribution >= 0.6 is 0 Å². The fourth-order valence-electron chi connectivity index (χ4n) is 3.50. The van der Waals surface area contributed by atoms with Crippen molar-refractivity contribution < 1.29 is 19.0 Å². The van der Waals surface area contributed by atoms with E-state index in [0.717, 1.165) is 11.3 Å². The van der Waals surface area contributed by atoms with Gasteiger partial charge >= 0.3 is 0 Å². The van der Waals surface area contributed by atoms with Crippen LogP contribution in [-0.2, 0) is 11.3 Å². The number of hydrogen-bond donors (Lipinski definition) is 0. The number of anilines is 1. The standard InChI is InChI=1S/C24H20N2O4/c1-28-18-10-7-16(8-11-18)15-26-20-5-3-4-6-22(20)30-23(24(26)27)19-13-17(14-25)9-12-21(19)29-2/h3-13,23H,15H2,1-2H3. The molecule has 1 heterocycles.